The van der Waals surface area contributed by atoms with Gasteiger partial charge < -0.3 is 0 Å². The average Bonchev–Trinajstić information content (AvgIpc) is 3.01. The summed E-state index contributed by atoms with van der Waals surface area (Å²) in [5, 5.41) is 7.93. The summed E-state index contributed by atoms with van der Waals surface area (Å²) in [6, 6.07) is 15.7. The maximum absolute atomic E-state index is 11.1. The van der Waals surface area contributed by atoms with Crippen LogP contribution in [0.25, 0.3) is 11.1 Å². The van der Waals surface area contributed by atoms with Crippen molar-refractivity contribution >= 4 is 32.1 Å². The van der Waals surface area contributed by atoms with Crippen molar-refractivity contribution in [3.63, 3.8) is 0 Å². The van der Waals surface area contributed by atoms with Crippen molar-refractivity contribution in [2.75, 3.05) is 6.16 Å². The minimum atomic E-state index is -2.73. The Morgan fingerprint density at radius 1 is 0.750 bits per heavy atom. The fraction of sp³-hybridized carbons (Fsp3) is 0.658. The second-order valence-electron chi connectivity index (χ2n) is 14.0. The maximum atomic E-state index is 11.1. The fourth-order valence-electron chi connectivity index (χ4n) is 8.30. The molecular weight excluding hydrogens is 631 g/mol. The number of carboxylic acids is 1. The first-order valence-corrected chi connectivity index (χ1v) is 22.2. The molecule has 2 fully saturated rings. The molecule has 0 aromatic heterocycles. The standard InChI is InChI=1S/C38H58BrO4P/c1-29(2)42-34-24-18-25-35(43-30(3)4)38(34)33-23-15-16-26-36(33)44(39,31-19-10-8-11-20-31,32-21-12-9-13-22-32)28-17-7-5-6-14-27-37(40)41/h15-16,18,23-26,29-32H,5-14,17,19-22,27-28H2,1-4H3,(H,40,41). The molecule has 0 saturated heterocycles. The summed E-state index contributed by atoms with van der Waals surface area (Å²) in [7, 11) is 0. The number of carbonyl (C=O) groups is 1. The molecule has 0 atom stereocenters. The van der Waals surface area contributed by atoms with Crippen LogP contribution in [0.2, 0.25) is 0 Å². The van der Waals surface area contributed by atoms with Gasteiger partial charge in [-0.15, -0.1) is 0 Å². The zero-order chi connectivity index (χ0) is 31.6. The number of ether oxygens (including phenoxy) is 2. The van der Waals surface area contributed by atoms with E-state index in [0.29, 0.717) is 11.3 Å². The molecular formula is C38H58BrO4P. The summed E-state index contributed by atoms with van der Waals surface area (Å²) in [6.45, 7) is 8.43. The van der Waals surface area contributed by atoms with Crippen LogP contribution in [0.5, 0.6) is 11.5 Å². The van der Waals surface area contributed by atoms with Gasteiger partial charge in [0.1, 0.15) is 0 Å². The molecule has 1 N–H and O–H groups in total. The Hall–Kier alpha value is -1.58. The Balaban J connectivity index is 1.88. The Bertz CT molecular complexity index is 1150. The molecule has 0 spiro atoms. The van der Waals surface area contributed by atoms with E-state index in [9.17, 15) is 4.79 Å². The summed E-state index contributed by atoms with van der Waals surface area (Å²) < 4.78 is 13.1. The molecule has 4 rings (SSSR count). The van der Waals surface area contributed by atoms with Crippen LogP contribution >= 0.6 is 20.8 Å². The number of benzene rings is 2. The van der Waals surface area contributed by atoms with Crippen LogP contribution in [-0.2, 0) is 4.79 Å². The predicted octanol–water partition coefficient (Wildman–Crippen LogP) is 11.5. The quantitative estimate of drug-likeness (QED) is 0.141. The first-order chi connectivity index (χ1) is 21.1. The van der Waals surface area contributed by atoms with E-state index in [1.54, 1.807) is 5.30 Å². The normalized spacial score (nSPS) is 17.8. The topological polar surface area (TPSA) is 55.8 Å². The summed E-state index contributed by atoms with van der Waals surface area (Å²) >= 11 is 5.00. The van der Waals surface area contributed by atoms with Gasteiger partial charge in [0.15, 0.2) is 0 Å². The molecule has 2 aromatic carbocycles. The molecule has 44 heavy (non-hydrogen) atoms. The second kappa shape index (κ2) is 16.3. The van der Waals surface area contributed by atoms with Gasteiger partial charge in [-0.3, -0.25) is 0 Å². The molecule has 6 heteroatoms. The number of aliphatic carboxylic acids is 1. The van der Waals surface area contributed by atoms with Crippen LogP contribution in [0.4, 0.5) is 0 Å². The molecule has 0 aliphatic heterocycles. The van der Waals surface area contributed by atoms with E-state index in [1.807, 2.05) is 0 Å². The molecule has 4 nitrogen and oxygen atoms in total. The number of unbranched alkanes of at least 4 members (excludes halogenated alkanes) is 4. The van der Waals surface area contributed by atoms with E-state index < -0.39 is 11.3 Å². The molecule has 2 aliphatic rings. The van der Waals surface area contributed by atoms with Gasteiger partial charge in [-0.2, -0.15) is 0 Å². The van der Waals surface area contributed by atoms with Crippen molar-refractivity contribution in [1.29, 1.82) is 0 Å². The Morgan fingerprint density at radius 2 is 1.25 bits per heavy atom. The van der Waals surface area contributed by atoms with Crippen LogP contribution in [0.1, 0.15) is 130 Å². The monoisotopic (exact) mass is 688 g/mol. The minimum absolute atomic E-state index is 0.0622. The molecule has 0 unspecified atom stereocenters. The Labute approximate surface area is 275 Å². The van der Waals surface area contributed by atoms with Crippen LogP contribution < -0.4 is 14.8 Å². The van der Waals surface area contributed by atoms with Gasteiger partial charge in [-0.25, -0.2) is 0 Å². The third-order valence-electron chi connectivity index (χ3n) is 10.2. The average molecular weight is 690 g/mol. The van der Waals surface area contributed by atoms with E-state index in [2.05, 4.69) is 70.2 Å². The molecule has 0 radical (unpaired) electrons. The molecule has 0 heterocycles. The fourth-order valence-corrected chi connectivity index (χ4v) is 19.8. The number of carboxylic acid groups (broad SMARTS) is 1. The van der Waals surface area contributed by atoms with Gasteiger partial charge in [0.2, 0.25) is 0 Å². The SMILES string of the molecule is CC(C)Oc1cccc(OC(C)C)c1-c1ccccc1P(Br)(CCCCCCCC(=O)O)(C1CCCCC1)C1CCCCC1. The zero-order valence-corrected chi connectivity index (χ0v) is 30.3. The molecule has 2 aliphatic carbocycles. The molecule has 2 saturated carbocycles. The van der Waals surface area contributed by atoms with Crippen molar-refractivity contribution in [3.8, 4) is 22.6 Å². The summed E-state index contributed by atoms with van der Waals surface area (Å²) in [5.74, 6) is 1.15. The van der Waals surface area contributed by atoms with Crippen LogP contribution in [0, 0.1) is 0 Å². The predicted molar refractivity (Wildman–Crippen MR) is 193 cm³/mol. The molecule has 0 bridgehead atoms. The molecule has 2 aromatic rings. The first kappa shape index (κ1) is 35.3. The summed E-state index contributed by atoms with van der Waals surface area (Å²) in [4.78, 5) is 11.1. The van der Waals surface area contributed by atoms with E-state index in [4.69, 9.17) is 30.1 Å². The van der Waals surface area contributed by atoms with Crippen LogP contribution in [-0.4, -0.2) is 40.8 Å². The van der Waals surface area contributed by atoms with Crippen molar-refractivity contribution in [2.45, 2.75) is 154 Å². The summed E-state index contributed by atoms with van der Waals surface area (Å²) in [5.41, 5.74) is 3.77. The van der Waals surface area contributed by atoms with Gasteiger partial charge >= 0.3 is 277 Å². The number of halogens is 1. The third-order valence-corrected chi connectivity index (χ3v) is 22.7. The van der Waals surface area contributed by atoms with Gasteiger partial charge in [0.25, 0.3) is 0 Å². The number of hydrogen-bond acceptors (Lipinski definition) is 3. The van der Waals surface area contributed by atoms with Gasteiger partial charge in [0, 0.05) is 0 Å². The molecule has 0 amide bonds. The van der Waals surface area contributed by atoms with Crippen molar-refractivity contribution in [3.05, 3.63) is 42.5 Å². The summed E-state index contributed by atoms with van der Waals surface area (Å²) in [6.07, 6.45) is 20.1. The van der Waals surface area contributed by atoms with E-state index in [-0.39, 0.29) is 18.6 Å². The van der Waals surface area contributed by atoms with Crippen LogP contribution in [0.3, 0.4) is 0 Å². The van der Waals surface area contributed by atoms with E-state index in [1.165, 1.54) is 88.8 Å². The van der Waals surface area contributed by atoms with Crippen molar-refractivity contribution in [1.82, 2.24) is 0 Å². The van der Waals surface area contributed by atoms with Gasteiger partial charge in [-0.05, 0) is 0 Å². The van der Waals surface area contributed by atoms with E-state index in [0.717, 1.165) is 36.3 Å². The van der Waals surface area contributed by atoms with Gasteiger partial charge in [0.05, 0.1) is 0 Å². The van der Waals surface area contributed by atoms with Crippen LogP contribution in [0.15, 0.2) is 42.5 Å². The second-order valence-corrected chi connectivity index (χ2v) is 24.1. The Kier molecular flexibility index (Phi) is 13.1. The zero-order valence-electron chi connectivity index (χ0n) is 27.9. The number of hydrogen-bond donors (Lipinski definition) is 1. The van der Waals surface area contributed by atoms with Crippen molar-refractivity contribution < 1.29 is 19.4 Å². The molecule has 246 valence electrons. The first-order valence-electron chi connectivity index (χ1n) is 17.6. The van der Waals surface area contributed by atoms with Gasteiger partial charge in [-0.1, -0.05) is 0 Å². The van der Waals surface area contributed by atoms with E-state index >= 15 is 0 Å². The Morgan fingerprint density at radius 3 is 1.77 bits per heavy atom. The number of rotatable bonds is 16. The third kappa shape index (κ3) is 8.22. The van der Waals surface area contributed by atoms with Crippen molar-refractivity contribution in [2.24, 2.45) is 0 Å².